The summed E-state index contributed by atoms with van der Waals surface area (Å²) in [6, 6.07) is 9.88. The lowest BCUT2D eigenvalue weighted by Crippen LogP contribution is -2.05. The Morgan fingerprint density at radius 2 is 2.07 bits per heavy atom. The van der Waals surface area contributed by atoms with Gasteiger partial charge in [0.15, 0.2) is 0 Å². The van der Waals surface area contributed by atoms with Gasteiger partial charge in [-0.25, -0.2) is 0 Å². The van der Waals surface area contributed by atoms with E-state index < -0.39 is 0 Å². The van der Waals surface area contributed by atoms with E-state index in [-0.39, 0.29) is 12.6 Å². The fraction of sp³-hybridized carbons (Fsp3) is 0.308. The Labute approximate surface area is 91.0 Å². The maximum absolute atomic E-state index is 9.07. The van der Waals surface area contributed by atoms with Gasteiger partial charge in [-0.3, -0.25) is 4.99 Å². The zero-order valence-electron chi connectivity index (χ0n) is 9.00. The van der Waals surface area contributed by atoms with Crippen LogP contribution in [0.25, 0.3) is 6.08 Å². The first-order valence-corrected chi connectivity index (χ1v) is 5.22. The Hall–Kier alpha value is -1.41. The van der Waals surface area contributed by atoms with Crippen LogP contribution in [0.3, 0.4) is 0 Å². The third-order valence-corrected chi connectivity index (χ3v) is 1.98. The Balaban J connectivity index is 2.58. The molecule has 0 amide bonds. The number of aliphatic hydroxyl groups excluding tert-OH is 1. The van der Waals surface area contributed by atoms with Crippen molar-refractivity contribution in [3.63, 3.8) is 0 Å². The number of hydrogen-bond donors (Lipinski definition) is 1. The second-order valence-electron chi connectivity index (χ2n) is 3.26. The van der Waals surface area contributed by atoms with E-state index in [9.17, 15) is 0 Å². The molecular formula is C13H17NO. The van der Waals surface area contributed by atoms with Gasteiger partial charge in [0.25, 0.3) is 0 Å². The molecule has 0 bridgehead atoms. The Kier molecular flexibility index (Phi) is 5.41. The van der Waals surface area contributed by atoms with Gasteiger partial charge in [0, 0.05) is 0 Å². The summed E-state index contributed by atoms with van der Waals surface area (Å²) in [5.41, 5.74) is 1.13. The molecule has 0 radical (unpaired) electrons. The van der Waals surface area contributed by atoms with Crippen LogP contribution in [0, 0.1) is 0 Å². The monoisotopic (exact) mass is 203 g/mol. The van der Waals surface area contributed by atoms with Gasteiger partial charge in [-0.2, -0.15) is 0 Å². The lowest BCUT2D eigenvalue weighted by Gasteiger charge is -2.01. The highest BCUT2D eigenvalue weighted by atomic mass is 16.3. The number of aliphatic hydroxyl groups is 1. The van der Waals surface area contributed by atoms with Gasteiger partial charge in [0.1, 0.15) is 0 Å². The van der Waals surface area contributed by atoms with Crippen LogP contribution < -0.4 is 0 Å². The van der Waals surface area contributed by atoms with Crippen molar-refractivity contribution in [2.45, 2.75) is 19.4 Å². The Morgan fingerprint density at radius 1 is 1.33 bits per heavy atom. The molecular weight excluding hydrogens is 186 g/mol. The summed E-state index contributed by atoms with van der Waals surface area (Å²) < 4.78 is 0. The lowest BCUT2D eigenvalue weighted by atomic mass is 10.2. The van der Waals surface area contributed by atoms with Gasteiger partial charge in [-0.15, -0.1) is 0 Å². The molecule has 2 heteroatoms. The van der Waals surface area contributed by atoms with Crippen LogP contribution in [0.4, 0.5) is 0 Å². The summed E-state index contributed by atoms with van der Waals surface area (Å²) in [6.45, 7) is 2.08. The van der Waals surface area contributed by atoms with Crippen LogP contribution in [0.5, 0.6) is 0 Å². The summed E-state index contributed by atoms with van der Waals surface area (Å²) >= 11 is 0. The van der Waals surface area contributed by atoms with Crippen LogP contribution in [-0.2, 0) is 0 Å². The summed E-state index contributed by atoms with van der Waals surface area (Å²) in [6.07, 6.45) is 6.63. The van der Waals surface area contributed by atoms with Gasteiger partial charge < -0.3 is 5.11 Å². The average molecular weight is 203 g/mol. The van der Waals surface area contributed by atoms with E-state index in [1.54, 1.807) is 0 Å². The zero-order chi connectivity index (χ0) is 10.9. The highest BCUT2D eigenvalue weighted by Crippen LogP contribution is 2.03. The van der Waals surface area contributed by atoms with E-state index in [4.69, 9.17) is 5.11 Å². The molecule has 1 aromatic rings. The van der Waals surface area contributed by atoms with Crippen molar-refractivity contribution >= 4 is 12.3 Å². The molecule has 0 saturated carbocycles. The second-order valence-corrected chi connectivity index (χ2v) is 3.26. The van der Waals surface area contributed by atoms with Gasteiger partial charge in [0.05, 0.1) is 12.6 Å². The van der Waals surface area contributed by atoms with Crippen molar-refractivity contribution in [1.82, 2.24) is 0 Å². The molecule has 0 fully saturated rings. The minimum absolute atomic E-state index is 0.0554. The largest absolute Gasteiger partial charge is 0.394 e. The first-order valence-electron chi connectivity index (χ1n) is 5.22. The van der Waals surface area contributed by atoms with Crippen LogP contribution >= 0.6 is 0 Å². The van der Waals surface area contributed by atoms with Crippen LogP contribution in [0.2, 0.25) is 0 Å². The van der Waals surface area contributed by atoms with Gasteiger partial charge in [-0.05, 0) is 18.2 Å². The molecule has 15 heavy (non-hydrogen) atoms. The minimum Gasteiger partial charge on any atom is -0.394 e. The molecule has 0 aliphatic rings. The maximum Gasteiger partial charge on any atom is 0.0910 e. The normalized spacial score (nSPS) is 13.7. The topological polar surface area (TPSA) is 32.6 Å². The van der Waals surface area contributed by atoms with E-state index in [1.807, 2.05) is 55.6 Å². The van der Waals surface area contributed by atoms with E-state index in [0.29, 0.717) is 0 Å². The lowest BCUT2D eigenvalue weighted by molar-refractivity contribution is 0.285. The molecule has 0 spiro atoms. The van der Waals surface area contributed by atoms with Gasteiger partial charge in [0.2, 0.25) is 0 Å². The standard InChI is InChI=1S/C13H17NO/c1-2-10-14-13(11-15)9-8-12-6-4-3-5-7-12/h3-10,13,15H,2,11H2,1H3/b9-8+,14-10?/t13-/m0/s1. The molecule has 1 rings (SSSR count). The number of rotatable bonds is 5. The quantitative estimate of drug-likeness (QED) is 0.733. The summed E-state index contributed by atoms with van der Waals surface area (Å²) in [5, 5.41) is 9.07. The summed E-state index contributed by atoms with van der Waals surface area (Å²) in [4.78, 5) is 4.21. The maximum atomic E-state index is 9.07. The third-order valence-electron chi connectivity index (χ3n) is 1.98. The van der Waals surface area contributed by atoms with E-state index in [0.717, 1.165) is 12.0 Å². The molecule has 1 aromatic carbocycles. The number of aliphatic imine (C=N–C) groups is 1. The highest BCUT2D eigenvalue weighted by molar-refractivity contribution is 5.58. The number of hydrogen-bond acceptors (Lipinski definition) is 2. The predicted molar refractivity (Wildman–Crippen MR) is 65.1 cm³/mol. The SMILES string of the molecule is CCC=N[C@@H](/C=C/c1ccccc1)CO. The second kappa shape index (κ2) is 6.96. The van der Waals surface area contributed by atoms with Crippen molar-refractivity contribution in [3.8, 4) is 0 Å². The molecule has 0 saturated heterocycles. The third kappa shape index (κ3) is 4.56. The molecule has 0 unspecified atom stereocenters. The van der Waals surface area contributed by atoms with Crippen LogP contribution in [0.1, 0.15) is 18.9 Å². The van der Waals surface area contributed by atoms with Crippen molar-refractivity contribution in [1.29, 1.82) is 0 Å². The van der Waals surface area contributed by atoms with Crippen molar-refractivity contribution in [2.75, 3.05) is 6.61 Å². The molecule has 2 nitrogen and oxygen atoms in total. The number of nitrogens with zero attached hydrogens (tertiary/aromatic N) is 1. The first kappa shape index (κ1) is 11.7. The summed E-state index contributed by atoms with van der Waals surface area (Å²) in [7, 11) is 0. The molecule has 1 atom stereocenters. The Morgan fingerprint density at radius 3 is 2.67 bits per heavy atom. The molecule has 0 heterocycles. The molecule has 80 valence electrons. The van der Waals surface area contributed by atoms with E-state index in [1.165, 1.54) is 0 Å². The van der Waals surface area contributed by atoms with Crippen LogP contribution in [-0.4, -0.2) is 24.0 Å². The van der Waals surface area contributed by atoms with Gasteiger partial charge in [-0.1, -0.05) is 49.4 Å². The van der Waals surface area contributed by atoms with Crippen molar-refractivity contribution in [3.05, 3.63) is 42.0 Å². The number of benzene rings is 1. The fourth-order valence-electron chi connectivity index (χ4n) is 1.18. The first-order chi connectivity index (χ1) is 7.36. The fourth-order valence-corrected chi connectivity index (χ4v) is 1.18. The predicted octanol–water partition coefficient (Wildman–Crippen LogP) is 2.54. The van der Waals surface area contributed by atoms with Crippen LogP contribution in [0.15, 0.2) is 41.4 Å². The molecule has 0 aliphatic heterocycles. The van der Waals surface area contributed by atoms with Crippen molar-refractivity contribution < 1.29 is 5.11 Å². The zero-order valence-corrected chi connectivity index (χ0v) is 9.00. The van der Waals surface area contributed by atoms with E-state index >= 15 is 0 Å². The molecule has 1 N–H and O–H groups in total. The highest BCUT2D eigenvalue weighted by Gasteiger charge is 1.96. The molecule has 0 aromatic heterocycles. The smallest absolute Gasteiger partial charge is 0.0910 e. The minimum atomic E-state index is -0.120. The molecule has 0 aliphatic carbocycles. The van der Waals surface area contributed by atoms with Gasteiger partial charge >= 0.3 is 0 Å². The summed E-state index contributed by atoms with van der Waals surface area (Å²) in [5.74, 6) is 0. The van der Waals surface area contributed by atoms with E-state index in [2.05, 4.69) is 4.99 Å². The Bertz CT molecular complexity index is 317. The average Bonchev–Trinajstić information content (AvgIpc) is 2.31. The van der Waals surface area contributed by atoms with Crippen molar-refractivity contribution in [2.24, 2.45) is 4.99 Å².